The van der Waals surface area contributed by atoms with E-state index in [9.17, 15) is 4.79 Å². The van der Waals surface area contributed by atoms with Crippen molar-refractivity contribution in [2.45, 2.75) is 19.5 Å². The number of carbonyl (C=O) groups is 1. The summed E-state index contributed by atoms with van der Waals surface area (Å²) in [6.07, 6.45) is 1.83. The molecule has 4 rings (SSSR count). The van der Waals surface area contributed by atoms with Crippen molar-refractivity contribution in [2.24, 2.45) is 0 Å². The fourth-order valence-electron chi connectivity index (χ4n) is 3.86. The molecule has 1 fully saturated rings. The Bertz CT molecular complexity index is 959. The molecule has 0 saturated carbocycles. The van der Waals surface area contributed by atoms with E-state index in [2.05, 4.69) is 39.0 Å². The second-order valence-corrected chi connectivity index (χ2v) is 7.43. The summed E-state index contributed by atoms with van der Waals surface area (Å²) in [7, 11) is 2.02. The number of hydrogen-bond donors (Lipinski definition) is 1. The van der Waals surface area contributed by atoms with Crippen molar-refractivity contribution in [3.05, 3.63) is 65.9 Å². The van der Waals surface area contributed by atoms with E-state index in [4.69, 9.17) is 4.74 Å². The average Bonchev–Trinajstić information content (AvgIpc) is 3.18. The first kappa shape index (κ1) is 18.7. The van der Waals surface area contributed by atoms with E-state index in [1.54, 1.807) is 0 Å². The zero-order valence-electron chi connectivity index (χ0n) is 16.5. The molecule has 5 heteroatoms. The van der Waals surface area contributed by atoms with Crippen molar-refractivity contribution in [3.8, 4) is 0 Å². The van der Waals surface area contributed by atoms with Crippen LogP contribution in [0.5, 0.6) is 0 Å². The van der Waals surface area contributed by atoms with Gasteiger partial charge in [-0.15, -0.1) is 0 Å². The van der Waals surface area contributed by atoms with Crippen molar-refractivity contribution in [3.63, 3.8) is 0 Å². The second-order valence-electron chi connectivity index (χ2n) is 7.43. The molecule has 0 spiro atoms. The van der Waals surface area contributed by atoms with Crippen LogP contribution >= 0.6 is 0 Å². The van der Waals surface area contributed by atoms with E-state index in [-0.39, 0.29) is 11.8 Å². The van der Waals surface area contributed by atoms with Gasteiger partial charge in [0.05, 0.1) is 19.3 Å². The standard InChI is InChI=1S/C23H27N3O2/c1-17(23(27)20-15-24-21-9-5-4-8-19(20)21)25(2)16-18-7-3-6-10-22(18)26-11-13-28-14-12-26/h3-10,15,17,24H,11-14,16H2,1-2H3. The molecule has 0 radical (unpaired) electrons. The molecule has 1 atom stereocenters. The van der Waals surface area contributed by atoms with Gasteiger partial charge in [-0.2, -0.15) is 0 Å². The number of H-pyrrole nitrogens is 1. The average molecular weight is 377 g/mol. The molecule has 1 saturated heterocycles. The molecule has 0 bridgehead atoms. The Morgan fingerprint density at radius 2 is 1.86 bits per heavy atom. The Balaban J connectivity index is 1.52. The van der Waals surface area contributed by atoms with E-state index >= 15 is 0 Å². The van der Waals surface area contributed by atoms with Crippen LogP contribution < -0.4 is 4.90 Å². The first-order chi connectivity index (χ1) is 13.6. The minimum Gasteiger partial charge on any atom is -0.378 e. The highest BCUT2D eigenvalue weighted by atomic mass is 16.5. The Morgan fingerprint density at radius 1 is 1.14 bits per heavy atom. The van der Waals surface area contributed by atoms with E-state index < -0.39 is 0 Å². The largest absolute Gasteiger partial charge is 0.378 e. The van der Waals surface area contributed by atoms with Crippen molar-refractivity contribution in [1.29, 1.82) is 0 Å². The maximum atomic E-state index is 13.1. The highest BCUT2D eigenvalue weighted by Crippen LogP contribution is 2.25. The maximum Gasteiger partial charge on any atom is 0.181 e. The molecule has 3 aromatic rings. The van der Waals surface area contributed by atoms with Crippen LogP contribution in [0.15, 0.2) is 54.7 Å². The number of nitrogens with one attached hydrogen (secondary N) is 1. The van der Waals surface area contributed by atoms with Gasteiger partial charge in [0.25, 0.3) is 0 Å². The number of likely N-dealkylation sites (N-methyl/N-ethyl adjacent to an activating group) is 1. The van der Waals surface area contributed by atoms with Gasteiger partial charge in [0.1, 0.15) is 0 Å². The fourth-order valence-corrected chi connectivity index (χ4v) is 3.86. The molecule has 146 valence electrons. The number of hydrogen-bond acceptors (Lipinski definition) is 4. The predicted molar refractivity (Wildman–Crippen MR) is 113 cm³/mol. The number of para-hydroxylation sites is 2. The Hall–Kier alpha value is -2.63. The lowest BCUT2D eigenvalue weighted by molar-refractivity contribution is 0.0864. The molecule has 1 N–H and O–H groups in total. The van der Waals surface area contributed by atoms with Gasteiger partial charge in [0.15, 0.2) is 5.78 Å². The number of morpholine rings is 1. The number of benzene rings is 2. The van der Waals surface area contributed by atoms with Gasteiger partial charge in [-0.05, 0) is 31.7 Å². The molecular formula is C23H27N3O2. The van der Waals surface area contributed by atoms with E-state index in [1.807, 2.05) is 44.4 Å². The third-order valence-electron chi connectivity index (χ3n) is 5.66. The molecule has 1 aromatic heterocycles. The second kappa shape index (κ2) is 8.17. The molecule has 5 nitrogen and oxygen atoms in total. The first-order valence-electron chi connectivity index (χ1n) is 9.86. The SMILES string of the molecule is CC(C(=O)c1c[nH]c2ccccc12)N(C)Cc1ccccc1N1CCOCC1. The molecule has 1 aliphatic rings. The zero-order valence-corrected chi connectivity index (χ0v) is 16.5. The van der Waals surface area contributed by atoms with Crippen LogP contribution in [0.3, 0.4) is 0 Å². The minimum absolute atomic E-state index is 0.142. The van der Waals surface area contributed by atoms with Crippen molar-refractivity contribution >= 4 is 22.4 Å². The number of anilines is 1. The summed E-state index contributed by atoms with van der Waals surface area (Å²) in [5, 5.41) is 0.987. The number of rotatable bonds is 6. The van der Waals surface area contributed by atoms with Crippen LogP contribution in [0, 0.1) is 0 Å². The summed E-state index contributed by atoms with van der Waals surface area (Å²) in [5.41, 5.74) is 4.24. The Kier molecular flexibility index (Phi) is 5.46. The Morgan fingerprint density at radius 3 is 2.68 bits per heavy atom. The molecule has 2 aromatic carbocycles. The molecule has 1 aliphatic heterocycles. The van der Waals surface area contributed by atoms with Crippen LogP contribution in [0.1, 0.15) is 22.8 Å². The van der Waals surface area contributed by atoms with E-state index in [0.717, 1.165) is 49.3 Å². The van der Waals surface area contributed by atoms with E-state index in [0.29, 0.717) is 0 Å². The summed E-state index contributed by atoms with van der Waals surface area (Å²) in [6.45, 7) is 6.05. The van der Waals surface area contributed by atoms with Crippen LogP contribution in [-0.2, 0) is 11.3 Å². The summed E-state index contributed by atoms with van der Waals surface area (Å²) >= 11 is 0. The van der Waals surface area contributed by atoms with Gasteiger partial charge in [-0.1, -0.05) is 36.4 Å². The highest BCUT2D eigenvalue weighted by Gasteiger charge is 2.23. The molecule has 0 aliphatic carbocycles. The number of aromatic amines is 1. The lowest BCUT2D eigenvalue weighted by Crippen LogP contribution is -2.38. The molecule has 1 unspecified atom stereocenters. The number of ether oxygens (including phenoxy) is 1. The number of carbonyl (C=O) groups excluding carboxylic acids is 1. The van der Waals surface area contributed by atoms with Crippen LogP contribution in [-0.4, -0.2) is 55.1 Å². The van der Waals surface area contributed by atoms with Crippen molar-refractivity contribution < 1.29 is 9.53 Å². The minimum atomic E-state index is -0.211. The topological polar surface area (TPSA) is 48.6 Å². The summed E-state index contributed by atoms with van der Waals surface area (Å²) < 4.78 is 5.49. The third kappa shape index (κ3) is 3.68. The van der Waals surface area contributed by atoms with Gasteiger partial charge < -0.3 is 14.6 Å². The number of nitrogens with zero attached hydrogens (tertiary/aromatic N) is 2. The van der Waals surface area contributed by atoms with Gasteiger partial charge >= 0.3 is 0 Å². The highest BCUT2D eigenvalue weighted by molar-refractivity contribution is 6.10. The van der Waals surface area contributed by atoms with Gasteiger partial charge in [-0.3, -0.25) is 9.69 Å². The van der Waals surface area contributed by atoms with Gasteiger partial charge in [0, 0.05) is 48.0 Å². The predicted octanol–water partition coefficient (Wildman–Crippen LogP) is 3.71. The normalized spacial score (nSPS) is 15.9. The van der Waals surface area contributed by atoms with E-state index in [1.165, 1.54) is 11.3 Å². The Labute approximate surface area is 165 Å². The van der Waals surface area contributed by atoms with Crippen molar-refractivity contribution in [2.75, 3.05) is 38.3 Å². The summed E-state index contributed by atoms with van der Waals surface area (Å²) in [4.78, 5) is 20.9. The smallest absolute Gasteiger partial charge is 0.181 e. The first-order valence-corrected chi connectivity index (χ1v) is 9.86. The number of ketones is 1. The third-order valence-corrected chi connectivity index (χ3v) is 5.66. The van der Waals surface area contributed by atoms with Crippen LogP contribution in [0.4, 0.5) is 5.69 Å². The van der Waals surface area contributed by atoms with Gasteiger partial charge in [-0.25, -0.2) is 0 Å². The summed E-state index contributed by atoms with van der Waals surface area (Å²) in [6, 6.07) is 16.2. The number of aromatic nitrogens is 1. The lowest BCUT2D eigenvalue weighted by Gasteiger charge is -2.32. The van der Waals surface area contributed by atoms with Gasteiger partial charge in [0.2, 0.25) is 0 Å². The molecule has 2 heterocycles. The molecule has 0 amide bonds. The van der Waals surface area contributed by atoms with Crippen LogP contribution in [0.2, 0.25) is 0 Å². The molecule has 28 heavy (non-hydrogen) atoms. The quantitative estimate of drug-likeness (QED) is 0.666. The number of fused-ring (bicyclic) bond motifs is 1. The lowest BCUT2D eigenvalue weighted by atomic mass is 10.0. The summed E-state index contributed by atoms with van der Waals surface area (Å²) in [5.74, 6) is 0.142. The molecular weight excluding hydrogens is 350 g/mol. The fraction of sp³-hybridized carbons (Fsp3) is 0.348. The monoisotopic (exact) mass is 377 g/mol. The van der Waals surface area contributed by atoms with Crippen LogP contribution in [0.25, 0.3) is 10.9 Å². The zero-order chi connectivity index (χ0) is 19.5. The number of Topliss-reactive ketones (excluding diaryl/α,β-unsaturated/α-hetero) is 1. The maximum absolute atomic E-state index is 13.1. The van der Waals surface area contributed by atoms with Crippen molar-refractivity contribution in [1.82, 2.24) is 9.88 Å².